The standard InChI is InChI=1S/C14H23BrO5/c1-6-18-12(17)14(8-10(4)5)19-11(16)13(15,20-14)7-9(2)3/h9-10H,6-8H2,1-5H3. The summed E-state index contributed by atoms with van der Waals surface area (Å²) in [5, 5.41) is 0. The van der Waals surface area contributed by atoms with Crippen LogP contribution in [0.25, 0.3) is 0 Å². The molecule has 0 spiro atoms. The topological polar surface area (TPSA) is 61.8 Å². The minimum Gasteiger partial charge on any atom is -0.461 e. The summed E-state index contributed by atoms with van der Waals surface area (Å²) in [5.41, 5.74) is 0. The van der Waals surface area contributed by atoms with Gasteiger partial charge in [-0.25, -0.2) is 9.59 Å². The smallest absolute Gasteiger partial charge is 0.379 e. The Bertz CT molecular complexity index is 382. The van der Waals surface area contributed by atoms with Crippen LogP contribution in [0.15, 0.2) is 0 Å². The lowest BCUT2D eigenvalue weighted by Gasteiger charge is -2.27. The Morgan fingerprint density at radius 3 is 2.25 bits per heavy atom. The van der Waals surface area contributed by atoms with Gasteiger partial charge in [-0.2, -0.15) is 0 Å². The summed E-state index contributed by atoms with van der Waals surface area (Å²) in [4.78, 5) is 24.3. The van der Waals surface area contributed by atoms with E-state index in [9.17, 15) is 9.59 Å². The van der Waals surface area contributed by atoms with Crippen molar-refractivity contribution in [2.75, 3.05) is 6.61 Å². The van der Waals surface area contributed by atoms with Crippen LogP contribution in [0.5, 0.6) is 0 Å². The normalized spacial score (nSPS) is 29.9. The first-order valence-corrected chi connectivity index (χ1v) is 7.74. The first-order chi connectivity index (χ1) is 9.15. The van der Waals surface area contributed by atoms with Crippen LogP contribution in [0.1, 0.15) is 47.5 Å². The molecule has 0 bridgehead atoms. The fraction of sp³-hybridized carbons (Fsp3) is 0.857. The van der Waals surface area contributed by atoms with E-state index in [0.717, 1.165) is 0 Å². The third kappa shape index (κ3) is 3.73. The van der Waals surface area contributed by atoms with Gasteiger partial charge < -0.3 is 14.2 Å². The SMILES string of the molecule is CCOC(=O)C1(CC(C)C)OC(=O)C(Br)(CC(C)C)O1. The van der Waals surface area contributed by atoms with Crippen LogP contribution in [0.3, 0.4) is 0 Å². The van der Waals surface area contributed by atoms with Gasteiger partial charge in [-0.05, 0) is 41.1 Å². The number of hydrogen-bond donors (Lipinski definition) is 0. The summed E-state index contributed by atoms with van der Waals surface area (Å²) < 4.78 is 14.8. The predicted molar refractivity (Wildman–Crippen MR) is 77.1 cm³/mol. The molecular formula is C14H23BrO5. The highest BCUT2D eigenvalue weighted by molar-refractivity contribution is 9.10. The second kappa shape index (κ2) is 6.43. The van der Waals surface area contributed by atoms with Gasteiger partial charge in [0.2, 0.25) is 4.51 Å². The molecule has 116 valence electrons. The van der Waals surface area contributed by atoms with Crippen LogP contribution in [0.4, 0.5) is 0 Å². The molecule has 1 aliphatic heterocycles. The molecular weight excluding hydrogens is 328 g/mol. The largest absolute Gasteiger partial charge is 0.461 e. The number of esters is 2. The lowest BCUT2D eigenvalue weighted by Crippen LogP contribution is -2.44. The molecule has 1 heterocycles. The maximum Gasteiger partial charge on any atom is 0.379 e. The van der Waals surface area contributed by atoms with E-state index in [1.165, 1.54) is 0 Å². The van der Waals surface area contributed by atoms with Crippen LogP contribution < -0.4 is 0 Å². The van der Waals surface area contributed by atoms with Gasteiger partial charge in [0.1, 0.15) is 0 Å². The molecule has 0 saturated carbocycles. The van der Waals surface area contributed by atoms with Gasteiger partial charge in [0, 0.05) is 6.42 Å². The van der Waals surface area contributed by atoms with Crippen LogP contribution in [0, 0.1) is 11.8 Å². The van der Waals surface area contributed by atoms with Crippen LogP contribution in [0.2, 0.25) is 0 Å². The number of ether oxygens (including phenoxy) is 3. The predicted octanol–water partition coefficient (Wildman–Crippen LogP) is 3.00. The minimum absolute atomic E-state index is 0.112. The Morgan fingerprint density at radius 2 is 1.80 bits per heavy atom. The van der Waals surface area contributed by atoms with Crippen LogP contribution in [-0.2, 0) is 23.8 Å². The van der Waals surface area contributed by atoms with Gasteiger partial charge in [-0.1, -0.05) is 27.7 Å². The number of carbonyl (C=O) groups excluding carboxylic acids is 2. The number of rotatable bonds is 6. The van der Waals surface area contributed by atoms with Crippen molar-refractivity contribution in [2.45, 2.75) is 57.8 Å². The van der Waals surface area contributed by atoms with Gasteiger partial charge in [-0.15, -0.1) is 0 Å². The van der Waals surface area contributed by atoms with Crippen molar-refractivity contribution in [1.82, 2.24) is 0 Å². The van der Waals surface area contributed by atoms with Gasteiger partial charge in [0.25, 0.3) is 0 Å². The van der Waals surface area contributed by atoms with E-state index in [2.05, 4.69) is 15.9 Å². The molecule has 0 aromatic rings. The van der Waals surface area contributed by atoms with Gasteiger partial charge >= 0.3 is 17.7 Å². The monoisotopic (exact) mass is 350 g/mol. The van der Waals surface area contributed by atoms with Gasteiger partial charge in [0.15, 0.2) is 0 Å². The zero-order valence-electron chi connectivity index (χ0n) is 12.7. The fourth-order valence-corrected chi connectivity index (χ4v) is 3.22. The molecule has 1 fully saturated rings. The second-order valence-corrected chi connectivity index (χ2v) is 7.17. The molecule has 5 nitrogen and oxygen atoms in total. The molecule has 0 aliphatic carbocycles. The number of halogens is 1. The molecule has 2 atom stereocenters. The summed E-state index contributed by atoms with van der Waals surface area (Å²) in [7, 11) is 0. The Labute approximate surface area is 128 Å². The zero-order chi connectivity index (χ0) is 15.6. The summed E-state index contributed by atoms with van der Waals surface area (Å²) in [6.45, 7) is 9.69. The van der Waals surface area contributed by atoms with Gasteiger partial charge in [-0.3, -0.25) is 0 Å². The third-order valence-corrected chi connectivity index (χ3v) is 3.63. The molecule has 1 aliphatic rings. The molecule has 1 saturated heterocycles. The highest BCUT2D eigenvalue weighted by atomic mass is 79.9. The number of alkyl halides is 1. The summed E-state index contributed by atoms with van der Waals surface area (Å²) in [6.07, 6.45) is 0.689. The molecule has 0 N–H and O–H groups in total. The van der Waals surface area contributed by atoms with E-state index >= 15 is 0 Å². The zero-order valence-corrected chi connectivity index (χ0v) is 14.3. The summed E-state index contributed by atoms with van der Waals surface area (Å²) >= 11 is 3.29. The number of hydrogen-bond acceptors (Lipinski definition) is 5. The van der Waals surface area contributed by atoms with E-state index < -0.39 is 22.2 Å². The molecule has 0 amide bonds. The molecule has 0 aromatic carbocycles. The molecule has 1 rings (SSSR count). The molecule has 20 heavy (non-hydrogen) atoms. The molecule has 2 unspecified atom stereocenters. The quantitative estimate of drug-likeness (QED) is 0.544. The fourth-order valence-electron chi connectivity index (χ4n) is 2.23. The van der Waals surface area contributed by atoms with Crippen molar-refractivity contribution in [3.8, 4) is 0 Å². The van der Waals surface area contributed by atoms with E-state index in [1.807, 2.05) is 27.7 Å². The van der Waals surface area contributed by atoms with Gasteiger partial charge in [0.05, 0.1) is 6.61 Å². The van der Waals surface area contributed by atoms with Crippen molar-refractivity contribution in [3.05, 3.63) is 0 Å². The van der Waals surface area contributed by atoms with E-state index in [0.29, 0.717) is 6.42 Å². The van der Waals surface area contributed by atoms with Crippen LogP contribution >= 0.6 is 15.9 Å². The van der Waals surface area contributed by atoms with Crippen molar-refractivity contribution in [2.24, 2.45) is 11.8 Å². The highest BCUT2D eigenvalue weighted by Crippen LogP contribution is 2.44. The number of carbonyl (C=O) groups is 2. The second-order valence-electron chi connectivity index (χ2n) is 5.89. The Balaban J connectivity index is 3.03. The molecule has 6 heteroatoms. The maximum absolute atomic E-state index is 12.2. The first-order valence-electron chi connectivity index (χ1n) is 6.95. The van der Waals surface area contributed by atoms with Crippen molar-refractivity contribution >= 4 is 27.9 Å². The maximum atomic E-state index is 12.2. The Hall–Kier alpha value is -0.620. The van der Waals surface area contributed by atoms with Crippen molar-refractivity contribution < 1.29 is 23.8 Å². The third-order valence-electron chi connectivity index (χ3n) is 2.82. The summed E-state index contributed by atoms with van der Waals surface area (Å²) in [6, 6.07) is 0. The van der Waals surface area contributed by atoms with E-state index in [4.69, 9.17) is 14.2 Å². The van der Waals surface area contributed by atoms with Crippen LogP contribution in [-0.4, -0.2) is 28.8 Å². The molecule has 0 aromatic heterocycles. The lowest BCUT2D eigenvalue weighted by molar-refractivity contribution is -0.218. The minimum atomic E-state index is -1.64. The van der Waals surface area contributed by atoms with E-state index in [1.54, 1.807) is 6.92 Å². The molecule has 0 radical (unpaired) electrons. The van der Waals surface area contributed by atoms with E-state index in [-0.39, 0.29) is 24.9 Å². The Morgan fingerprint density at radius 1 is 1.25 bits per heavy atom. The summed E-state index contributed by atoms with van der Waals surface area (Å²) in [5.74, 6) is -2.54. The average Bonchev–Trinajstić information content (AvgIpc) is 2.49. The first kappa shape index (κ1) is 17.4. The average molecular weight is 351 g/mol. The number of cyclic esters (lactones) is 1. The lowest BCUT2D eigenvalue weighted by atomic mass is 10.0. The Kier molecular flexibility index (Phi) is 5.61. The van der Waals surface area contributed by atoms with Crippen molar-refractivity contribution in [1.29, 1.82) is 0 Å². The highest BCUT2D eigenvalue weighted by Gasteiger charge is 2.62. The van der Waals surface area contributed by atoms with Crippen molar-refractivity contribution in [3.63, 3.8) is 0 Å².